The third-order valence-corrected chi connectivity index (χ3v) is 10.4. The van der Waals surface area contributed by atoms with E-state index in [2.05, 4.69) is 15.3 Å². The molecular formula is C42H39N5O12. The fourth-order valence-corrected chi connectivity index (χ4v) is 8.19. The molecule has 6 aromatic rings. The lowest BCUT2D eigenvalue weighted by Crippen LogP contribution is -2.50. The minimum Gasteiger partial charge on any atom is -0.463 e. The Labute approximate surface area is 334 Å². The number of fused-ring (bicyclic) bond motifs is 7. The van der Waals surface area contributed by atoms with Crippen molar-refractivity contribution in [1.82, 2.24) is 19.5 Å². The Morgan fingerprint density at radius 2 is 1.46 bits per heavy atom. The van der Waals surface area contributed by atoms with E-state index in [-0.39, 0.29) is 30.1 Å². The lowest BCUT2D eigenvalue weighted by Gasteiger charge is -2.42. The Morgan fingerprint density at radius 3 is 2.19 bits per heavy atom. The summed E-state index contributed by atoms with van der Waals surface area (Å²) in [6.07, 6.45) is -4.86. The van der Waals surface area contributed by atoms with Crippen LogP contribution in [0.1, 0.15) is 70.5 Å². The van der Waals surface area contributed by atoms with Crippen LogP contribution in [0.15, 0.2) is 71.8 Å². The zero-order valence-electron chi connectivity index (χ0n) is 32.5. The Bertz CT molecular complexity index is 2760. The maximum atomic E-state index is 13.7. The third-order valence-electron chi connectivity index (χ3n) is 10.4. The molecule has 2 aliphatic rings. The highest BCUT2D eigenvalue weighted by Gasteiger charge is 2.50. The van der Waals surface area contributed by atoms with Crippen molar-refractivity contribution in [3.8, 4) is 0 Å². The molecule has 17 nitrogen and oxygen atoms in total. The number of carbonyl (C=O) groups excluding carboxylic acids is 5. The zero-order valence-corrected chi connectivity index (χ0v) is 32.5. The number of hydrogen-bond donors (Lipinski definition) is 2. The molecule has 0 spiro atoms. The Hall–Kier alpha value is -6.88. The largest absolute Gasteiger partial charge is 0.463 e. The normalized spacial score (nSPS) is 22.5. The zero-order chi connectivity index (χ0) is 41.7. The van der Waals surface area contributed by atoms with Gasteiger partial charge in [0.1, 0.15) is 25.0 Å². The topological polar surface area (TPSA) is 216 Å². The summed E-state index contributed by atoms with van der Waals surface area (Å²) < 4.78 is 36.0. The lowest BCUT2D eigenvalue weighted by molar-refractivity contribution is -0.187. The molecular weight excluding hydrogens is 766 g/mol. The quantitative estimate of drug-likeness (QED) is 0.0851. The molecule has 7 atom stereocenters. The average molecular weight is 806 g/mol. The van der Waals surface area contributed by atoms with Gasteiger partial charge in [0.2, 0.25) is 5.95 Å². The number of hydrogen-bond acceptors (Lipinski definition) is 15. The van der Waals surface area contributed by atoms with E-state index in [0.29, 0.717) is 16.5 Å². The van der Waals surface area contributed by atoms with Crippen molar-refractivity contribution >= 4 is 79.3 Å². The van der Waals surface area contributed by atoms with Crippen molar-refractivity contribution in [2.75, 3.05) is 11.9 Å². The van der Waals surface area contributed by atoms with Gasteiger partial charge in [-0.1, -0.05) is 48.5 Å². The van der Waals surface area contributed by atoms with Gasteiger partial charge in [-0.15, -0.1) is 0 Å². The number of rotatable bonds is 9. The molecule has 2 aromatic heterocycles. The standard InChI is InChI=1S/C42H39N5O12/c1-19(48)54-17-32-31(55-20(2)49)16-33(59-32)47-18-43-36-40(47)45-42(46-41(36)53)44-35-34-28(37(56-21(3)50)39(58-23(5)52)38(35)57-22(4)51)13-12-26-14-25-11-10-24-8-6-7-9-27(24)29(25)15-30(26)34/h6-15,18,31-33,35,37-39H,16-17H2,1-5H3,(H2,44,45,46,53)/t31-,32+,33+,35+,37-,38+,39+/m0/s1. The molecule has 17 heteroatoms. The fraction of sp³-hybridized carbons (Fsp3) is 0.333. The number of esters is 5. The molecule has 3 heterocycles. The molecule has 59 heavy (non-hydrogen) atoms. The van der Waals surface area contributed by atoms with Gasteiger partial charge in [-0.05, 0) is 50.0 Å². The number of ether oxygens (including phenoxy) is 6. The van der Waals surface area contributed by atoms with Crippen LogP contribution in [0.4, 0.5) is 5.95 Å². The summed E-state index contributed by atoms with van der Waals surface area (Å²) in [5.41, 5.74) is 0.408. The maximum absolute atomic E-state index is 13.7. The molecule has 1 saturated heterocycles. The predicted octanol–water partition coefficient (Wildman–Crippen LogP) is 5.00. The van der Waals surface area contributed by atoms with Crippen molar-refractivity contribution in [2.45, 2.75) is 83.8 Å². The van der Waals surface area contributed by atoms with Crippen LogP contribution in [0.5, 0.6) is 0 Å². The number of nitrogens with one attached hydrogen (secondary N) is 2. The number of anilines is 1. The highest BCUT2D eigenvalue weighted by Crippen LogP contribution is 2.47. The molecule has 304 valence electrons. The summed E-state index contributed by atoms with van der Waals surface area (Å²) in [5.74, 6) is -3.30. The van der Waals surface area contributed by atoms with E-state index in [0.717, 1.165) is 26.9 Å². The second-order valence-electron chi connectivity index (χ2n) is 14.5. The van der Waals surface area contributed by atoms with Crippen molar-refractivity contribution in [3.05, 3.63) is 88.5 Å². The number of carbonyl (C=O) groups is 5. The lowest BCUT2D eigenvalue weighted by atomic mass is 9.78. The minimum absolute atomic E-state index is 0.0382. The molecule has 1 aliphatic carbocycles. The van der Waals surface area contributed by atoms with E-state index >= 15 is 0 Å². The number of H-pyrrole nitrogens is 1. The monoisotopic (exact) mass is 805 g/mol. The summed E-state index contributed by atoms with van der Waals surface area (Å²) in [5, 5.41) is 8.66. The van der Waals surface area contributed by atoms with Gasteiger partial charge in [0, 0.05) is 46.6 Å². The van der Waals surface area contributed by atoms with Crippen LogP contribution in [0.3, 0.4) is 0 Å². The molecule has 4 aromatic carbocycles. The van der Waals surface area contributed by atoms with Crippen LogP contribution in [0, 0.1) is 0 Å². The molecule has 0 radical (unpaired) electrons. The average Bonchev–Trinajstić information content (AvgIpc) is 3.78. The van der Waals surface area contributed by atoms with Gasteiger partial charge in [0.15, 0.2) is 29.5 Å². The van der Waals surface area contributed by atoms with Gasteiger partial charge < -0.3 is 33.7 Å². The number of aromatic amines is 1. The molecule has 2 N–H and O–H groups in total. The first kappa shape index (κ1) is 39.0. The van der Waals surface area contributed by atoms with Gasteiger partial charge in [-0.2, -0.15) is 4.98 Å². The summed E-state index contributed by atoms with van der Waals surface area (Å²) >= 11 is 0. The first-order valence-electron chi connectivity index (χ1n) is 18.8. The van der Waals surface area contributed by atoms with Crippen LogP contribution < -0.4 is 10.9 Å². The molecule has 0 bridgehead atoms. The molecule has 0 saturated carbocycles. The van der Waals surface area contributed by atoms with Gasteiger partial charge >= 0.3 is 29.8 Å². The first-order chi connectivity index (χ1) is 28.2. The second-order valence-corrected chi connectivity index (χ2v) is 14.5. The van der Waals surface area contributed by atoms with E-state index in [4.69, 9.17) is 33.4 Å². The molecule has 0 unspecified atom stereocenters. The van der Waals surface area contributed by atoms with Crippen LogP contribution >= 0.6 is 0 Å². The van der Waals surface area contributed by atoms with E-state index in [1.54, 1.807) is 6.07 Å². The van der Waals surface area contributed by atoms with Crippen molar-refractivity contribution in [2.24, 2.45) is 0 Å². The van der Waals surface area contributed by atoms with Crippen molar-refractivity contribution in [3.63, 3.8) is 0 Å². The molecule has 1 aliphatic heterocycles. The SMILES string of the molecule is CC(=O)OC[C@H]1O[C@@H](n2cnc3c(=O)[nH]c(N[C@@H]4c5c(ccc6cc7ccc8ccccc8c7cc56)[C@H](OC(C)=O)[C@@H](OC(C)=O)[C@@H]4OC(C)=O)nc32)C[C@@H]1OC(C)=O. The maximum Gasteiger partial charge on any atom is 0.303 e. The van der Waals surface area contributed by atoms with E-state index in [9.17, 15) is 28.8 Å². The van der Waals surface area contributed by atoms with Crippen LogP contribution in [0.2, 0.25) is 0 Å². The Morgan fingerprint density at radius 1 is 0.780 bits per heavy atom. The second kappa shape index (κ2) is 15.5. The summed E-state index contributed by atoms with van der Waals surface area (Å²) in [6.45, 7) is 5.92. The highest BCUT2D eigenvalue weighted by atomic mass is 16.6. The van der Waals surface area contributed by atoms with E-state index < -0.39 is 78.2 Å². The van der Waals surface area contributed by atoms with Crippen molar-refractivity contribution < 1.29 is 52.4 Å². The van der Waals surface area contributed by atoms with E-state index in [1.807, 2.05) is 54.6 Å². The number of imidazole rings is 1. The fourth-order valence-electron chi connectivity index (χ4n) is 8.19. The Kier molecular flexibility index (Phi) is 10.2. The minimum atomic E-state index is -1.34. The summed E-state index contributed by atoms with van der Waals surface area (Å²) in [4.78, 5) is 87.3. The molecule has 8 rings (SSSR count). The van der Waals surface area contributed by atoms with Crippen molar-refractivity contribution in [1.29, 1.82) is 0 Å². The van der Waals surface area contributed by atoms with Crippen LogP contribution in [0.25, 0.3) is 43.5 Å². The Balaban J connectivity index is 1.30. The number of nitrogens with zero attached hydrogens (tertiary/aromatic N) is 3. The van der Waals surface area contributed by atoms with Gasteiger partial charge in [-0.3, -0.25) is 38.3 Å². The third kappa shape index (κ3) is 7.51. The number of aromatic nitrogens is 4. The number of benzene rings is 4. The smallest absolute Gasteiger partial charge is 0.303 e. The highest BCUT2D eigenvalue weighted by molar-refractivity contribution is 6.12. The van der Waals surface area contributed by atoms with Gasteiger partial charge in [0.05, 0.1) is 12.4 Å². The first-order valence-corrected chi connectivity index (χ1v) is 18.8. The van der Waals surface area contributed by atoms with E-state index in [1.165, 1.54) is 45.5 Å². The molecule has 0 amide bonds. The van der Waals surface area contributed by atoms with Gasteiger partial charge in [0.25, 0.3) is 5.56 Å². The van der Waals surface area contributed by atoms with Gasteiger partial charge in [-0.25, -0.2) is 4.98 Å². The van der Waals surface area contributed by atoms with Crippen LogP contribution in [-0.4, -0.2) is 80.4 Å². The molecule has 1 fully saturated rings. The predicted molar refractivity (Wildman–Crippen MR) is 210 cm³/mol. The summed E-state index contributed by atoms with van der Waals surface area (Å²) in [6, 6.07) is 18.6. The van der Waals surface area contributed by atoms with Crippen LogP contribution in [-0.2, 0) is 52.4 Å². The summed E-state index contributed by atoms with van der Waals surface area (Å²) in [7, 11) is 0.